The summed E-state index contributed by atoms with van der Waals surface area (Å²) in [6.45, 7) is 12.9. The summed E-state index contributed by atoms with van der Waals surface area (Å²) >= 11 is 0. The first-order chi connectivity index (χ1) is 4.31. The van der Waals surface area contributed by atoms with E-state index in [1.165, 1.54) is 0 Å². The predicted molar refractivity (Wildman–Crippen MR) is 50.5 cm³/mol. The van der Waals surface area contributed by atoms with Crippen LogP contribution in [0.2, 0.25) is 19.6 Å². The Bertz CT molecular complexity index is 107. The molecular formula is C8H20LiNSi. The molecule has 0 saturated carbocycles. The smallest absolute Gasteiger partial charge is 0.343 e. The standard InChI is InChI=1S/C8H20NSi.Li/c1-6-7-8(2,9)10(3,4)5;/h1,6-7,9H2,2-5H3;/q-1;+1. The van der Waals surface area contributed by atoms with Crippen molar-refractivity contribution in [2.75, 3.05) is 0 Å². The van der Waals surface area contributed by atoms with Gasteiger partial charge in [-0.15, -0.1) is 0 Å². The Hall–Kier alpha value is 0.774. The van der Waals surface area contributed by atoms with Gasteiger partial charge in [0, 0.05) is 5.16 Å². The molecule has 0 saturated heterocycles. The quantitative estimate of drug-likeness (QED) is 0.430. The topological polar surface area (TPSA) is 26.0 Å². The van der Waals surface area contributed by atoms with Crippen molar-refractivity contribution in [2.45, 2.75) is 44.6 Å². The van der Waals surface area contributed by atoms with E-state index in [1.807, 2.05) is 0 Å². The molecule has 0 aliphatic carbocycles. The third-order valence-corrected chi connectivity index (χ3v) is 6.09. The fourth-order valence-corrected chi connectivity index (χ4v) is 1.67. The molecule has 1 atom stereocenters. The van der Waals surface area contributed by atoms with Crippen LogP contribution < -0.4 is 24.6 Å². The maximum Gasteiger partial charge on any atom is 1.00 e. The summed E-state index contributed by atoms with van der Waals surface area (Å²) in [4.78, 5) is 0. The molecular weight excluding hydrogens is 145 g/mol. The van der Waals surface area contributed by atoms with Crippen molar-refractivity contribution >= 4 is 8.07 Å². The van der Waals surface area contributed by atoms with Gasteiger partial charge in [-0.25, -0.2) is 0 Å². The fraction of sp³-hybridized carbons (Fsp3) is 0.875. The summed E-state index contributed by atoms with van der Waals surface area (Å²) in [5.41, 5.74) is 6.13. The van der Waals surface area contributed by atoms with Crippen molar-refractivity contribution in [2.24, 2.45) is 5.73 Å². The van der Waals surface area contributed by atoms with Crippen molar-refractivity contribution in [1.82, 2.24) is 0 Å². The summed E-state index contributed by atoms with van der Waals surface area (Å²) in [5.74, 6) is 0. The van der Waals surface area contributed by atoms with E-state index in [-0.39, 0.29) is 24.0 Å². The van der Waals surface area contributed by atoms with Gasteiger partial charge in [0.25, 0.3) is 0 Å². The molecule has 0 heterocycles. The molecule has 3 heteroatoms. The molecule has 1 nitrogen and oxygen atoms in total. The number of nitrogens with two attached hydrogens (primary N) is 1. The minimum Gasteiger partial charge on any atom is -0.343 e. The van der Waals surface area contributed by atoms with E-state index < -0.39 is 8.07 Å². The maximum absolute atomic E-state index is 6.13. The molecule has 0 aliphatic heterocycles. The van der Waals surface area contributed by atoms with Gasteiger partial charge in [-0.3, -0.25) is 0 Å². The van der Waals surface area contributed by atoms with Gasteiger partial charge in [-0.05, 0) is 6.92 Å². The molecule has 1 unspecified atom stereocenters. The summed E-state index contributed by atoms with van der Waals surface area (Å²) in [7, 11) is -1.17. The summed E-state index contributed by atoms with van der Waals surface area (Å²) in [5, 5.41) is 0.0642. The van der Waals surface area contributed by atoms with Crippen LogP contribution in [0.1, 0.15) is 19.8 Å². The largest absolute Gasteiger partial charge is 1.00 e. The summed E-state index contributed by atoms with van der Waals surface area (Å²) < 4.78 is 0. The van der Waals surface area contributed by atoms with Crippen molar-refractivity contribution in [3.63, 3.8) is 0 Å². The van der Waals surface area contributed by atoms with Gasteiger partial charge < -0.3 is 12.7 Å². The van der Waals surface area contributed by atoms with Crippen LogP contribution in [0.15, 0.2) is 0 Å². The van der Waals surface area contributed by atoms with Crippen LogP contribution in [0.5, 0.6) is 0 Å². The van der Waals surface area contributed by atoms with Crippen molar-refractivity contribution in [1.29, 1.82) is 0 Å². The van der Waals surface area contributed by atoms with Gasteiger partial charge in [0.2, 0.25) is 0 Å². The Kier molecular flexibility index (Phi) is 6.13. The van der Waals surface area contributed by atoms with Gasteiger partial charge in [0.1, 0.15) is 0 Å². The van der Waals surface area contributed by atoms with Crippen LogP contribution in [-0.4, -0.2) is 13.2 Å². The predicted octanol–water partition coefficient (Wildman–Crippen LogP) is -0.801. The molecule has 0 aromatic carbocycles. The average molecular weight is 165 g/mol. The minimum atomic E-state index is -1.17. The van der Waals surface area contributed by atoms with Crippen molar-refractivity contribution in [3.05, 3.63) is 6.92 Å². The molecule has 0 amide bonds. The SMILES string of the molecule is [CH2-]CCC(C)(N)[Si](C)(C)C.[Li+]. The first-order valence-corrected chi connectivity index (χ1v) is 7.39. The van der Waals surface area contributed by atoms with E-state index in [0.29, 0.717) is 0 Å². The van der Waals surface area contributed by atoms with E-state index in [2.05, 4.69) is 33.5 Å². The molecule has 0 aliphatic rings. The third kappa shape index (κ3) is 4.37. The second-order valence-electron chi connectivity index (χ2n) is 4.27. The summed E-state index contributed by atoms with van der Waals surface area (Å²) in [6.07, 6.45) is 2.01. The van der Waals surface area contributed by atoms with Gasteiger partial charge in [0.05, 0.1) is 8.07 Å². The number of rotatable bonds is 3. The molecule has 62 valence electrons. The molecule has 11 heavy (non-hydrogen) atoms. The minimum absolute atomic E-state index is 0. The number of hydrogen-bond donors (Lipinski definition) is 1. The first-order valence-electron chi connectivity index (χ1n) is 3.89. The third-order valence-electron chi connectivity index (χ3n) is 2.41. The molecule has 0 radical (unpaired) electrons. The van der Waals surface area contributed by atoms with Crippen LogP contribution in [0.4, 0.5) is 0 Å². The molecule has 2 N–H and O–H groups in total. The van der Waals surface area contributed by atoms with Gasteiger partial charge in [-0.1, -0.05) is 26.1 Å². The van der Waals surface area contributed by atoms with Crippen LogP contribution in [0, 0.1) is 6.92 Å². The van der Waals surface area contributed by atoms with Crippen LogP contribution >= 0.6 is 0 Å². The molecule has 0 aromatic rings. The zero-order chi connectivity index (χ0) is 8.41. The Morgan fingerprint density at radius 3 is 1.82 bits per heavy atom. The summed E-state index contributed by atoms with van der Waals surface area (Å²) in [6, 6.07) is 0. The molecule has 0 rings (SSSR count). The molecule has 0 aromatic heterocycles. The second kappa shape index (κ2) is 4.72. The van der Waals surface area contributed by atoms with E-state index in [4.69, 9.17) is 5.73 Å². The second-order valence-corrected chi connectivity index (χ2v) is 9.91. The Morgan fingerprint density at radius 2 is 1.73 bits per heavy atom. The molecule has 0 spiro atoms. The molecule has 0 bridgehead atoms. The monoisotopic (exact) mass is 165 g/mol. The molecule has 0 fully saturated rings. The van der Waals surface area contributed by atoms with Crippen LogP contribution in [0.3, 0.4) is 0 Å². The van der Waals surface area contributed by atoms with Crippen molar-refractivity contribution < 1.29 is 18.9 Å². The van der Waals surface area contributed by atoms with Gasteiger partial charge >= 0.3 is 18.9 Å². The van der Waals surface area contributed by atoms with Crippen LogP contribution in [-0.2, 0) is 0 Å². The van der Waals surface area contributed by atoms with E-state index in [1.54, 1.807) is 0 Å². The van der Waals surface area contributed by atoms with Crippen LogP contribution in [0.25, 0.3) is 0 Å². The van der Waals surface area contributed by atoms with E-state index >= 15 is 0 Å². The Labute approximate surface area is 84.3 Å². The first kappa shape index (κ1) is 14.3. The zero-order valence-corrected chi connectivity index (χ0v) is 9.70. The zero-order valence-electron chi connectivity index (χ0n) is 8.70. The fourth-order valence-electron chi connectivity index (χ4n) is 0.742. The average Bonchev–Trinajstić information content (AvgIpc) is 1.61. The Morgan fingerprint density at radius 1 is 1.36 bits per heavy atom. The van der Waals surface area contributed by atoms with Gasteiger partial charge in [0.15, 0.2) is 0 Å². The van der Waals surface area contributed by atoms with E-state index in [0.717, 1.165) is 12.8 Å². The Balaban J connectivity index is 0. The maximum atomic E-state index is 6.13. The van der Waals surface area contributed by atoms with E-state index in [9.17, 15) is 0 Å². The van der Waals surface area contributed by atoms with Gasteiger partial charge in [-0.2, -0.15) is 6.42 Å². The normalized spacial score (nSPS) is 16.9. The van der Waals surface area contributed by atoms with Crippen molar-refractivity contribution in [3.8, 4) is 0 Å². The number of hydrogen-bond acceptors (Lipinski definition) is 1.